The van der Waals surface area contributed by atoms with Gasteiger partial charge in [-0.2, -0.15) is 13.9 Å². The van der Waals surface area contributed by atoms with E-state index in [0.717, 1.165) is 11.1 Å². The summed E-state index contributed by atoms with van der Waals surface area (Å²) in [4.78, 5) is 39.9. The van der Waals surface area contributed by atoms with Crippen LogP contribution < -0.4 is 15.6 Å². The van der Waals surface area contributed by atoms with Crippen molar-refractivity contribution in [3.63, 3.8) is 0 Å². The smallest absolute Gasteiger partial charge is 0.308 e. The van der Waals surface area contributed by atoms with Crippen molar-refractivity contribution in [1.29, 1.82) is 0 Å². The molecule has 0 saturated carbocycles. The van der Waals surface area contributed by atoms with Gasteiger partial charge in [0.15, 0.2) is 17.4 Å². The third kappa shape index (κ3) is 9.63. The van der Waals surface area contributed by atoms with E-state index >= 15 is 0 Å². The van der Waals surface area contributed by atoms with Gasteiger partial charge in [0.05, 0.1) is 24.9 Å². The molecular formula is C34H41F4N3O6. The summed E-state index contributed by atoms with van der Waals surface area (Å²) >= 11 is 0. The highest BCUT2D eigenvalue weighted by Crippen LogP contribution is 2.28. The first-order valence-electron chi connectivity index (χ1n) is 15.1. The highest BCUT2D eigenvalue weighted by Gasteiger charge is 2.32. The number of halogens is 4. The number of nitrogens with one attached hydrogen (secondary N) is 1. The van der Waals surface area contributed by atoms with Gasteiger partial charge in [-0.1, -0.05) is 52.0 Å². The summed E-state index contributed by atoms with van der Waals surface area (Å²) in [5, 5.41) is 17.6. The molecular weight excluding hydrogens is 622 g/mol. The zero-order valence-corrected chi connectivity index (χ0v) is 27.5. The van der Waals surface area contributed by atoms with Crippen LogP contribution in [0.15, 0.2) is 47.4 Å². The van der Waals surface area contributed by atoms with Crippen molar-refractivity contribution in [3.05, 3.63) is 92.9 Å². The molecule has 2 N–H and O–H groups in total. The molecule has 256 valence electrons. The van der Waals surface area contributed by atoms with Crippen molar-refractivity contribution >= 4 is 11.9 Å². The van der Waals surface area contributed by atoms with Gasteiger partial charge in [-0.15, -0.1) is 0 Å². The van der Waals surface area contributed by atoms with Crippen LogP contribution in [-0.2, 0) is 26.3 Å². The molecule has 2 aromatic carbocycles. The molecule has 13 heteroatoms. The average molecular weight is 664 g/mol. The van der Waals surface area contributed by atoms with E-state index in [9.17, 15) is 37.1 Å². The Labute approximate surface area is 270 Å². The number of hydrogen-bond donors (Lipinski definition) is 2. The number of amides is 1. The Morgan fingerprint density at radius 3 is 2.19 bits per heavy atom. The molecule has 1 aromatic heterocycles. The standard InChI is InChI=1S/C34H41F4N3O6/c1-8-20(21-13-14-39-41(32(21)45)17-19-11-9-10-12-22(19)33(2,3)4)31(44)40-25(16-27(43)47-34(5,6)7)26(42)18-46-30-28(37)23(35)15-24(36)29(30)38/h9-15,20,25-26,42H,8,16-18H2,1-7H3,(H,40,44)/t20?,25-,26?/m0/s1. The maximum Gasteiger partial charge on any atom is 0.308 e. The normalized spacial score (nSPS) is 13.9. The van der Waals surface area contributed by atoms with E-state index < -0.39 is 83.1 Å². The maximum atomic E-state index is 14.2. The highest BCUT2D eigenvalue weighted by atomic mass is 19.2. The van der Waals surface area contributed by atoms with Crippen LogP contribution in [0.2, 0.25) is 0 Å². The number of benzene rings is 2. The molecule has 0 spiro atoms. The Morgan fingerprint density at radius 2 is 1.62 bits per heavy atom. The monoisotopic (exact) mass is 663 g/mol. The zero-order chi connectivity index (χ0) is 35.3. The largest absolute Gasteiger partial charge is 0.485 e. The van der Waals surface area contributed by atoms with Crippen molar-refractivity contribution < 1.29 is 41.7 Å². The van der Waals surface area contributed by atoms with Crippen LogP contribution in [0.25, 0.3) is 0 Å². The summed E-state index contributed by atoms with van der Waals surface area (Å²) in [6.45, 7) is 11.8. The van der Waals surface area contributed by atoms with E-state index in [1.807, 2.05) is 45.0 Å². The summed E-state index contributed by atoms with van der Waals surface area (Å²) in [6.07, 6.45) is -0.906. The van der Waals surface area contributed by atoms with Crippen LogP contribution in [0.4, 0.5) is 17.6 Å². The summed E-state index contributed by atoms with van der Waals surface area (Å²) in [5.41, 5.74) is 0.330. The fourth-order valence-electron chi connectivity index (χ4n) is 5.03. The van der Waals surface area contributed by atoms with Crippen LogP contribution in [0.3, 0.4) is 0 Å². The summed E-state index contributed by atoms with van der Waals surface area (Å²) < 4.78 is 67.1. The Bertz CT molecular complexity index is 1620. The lowest BCUT2D eigenvalue weighted by Gasteiger charge is -2.27. The molecule has 0 aliphatic rings. The van der Waals surface area contributed by atoms with E-state index in [2.05, 4.69) is 10.4 Å². The number of nitrogens with zero attached hydrogens (tertiary/aromatic N) is 2. The fraction of sp³-hybridized carbons (Fsp3) is 0.471. The Hall–Kier alpha value is -4.26. The number of rotatable bonds is 12. The number of carbonyl (C=O) groups excluding carboxylic acids is 2. The van der Waals surface area contributed by atoms with Crippen LogP contribution >= 0.6 is 0 Å². The molecule has 0 saturated heterocycles. The molecule has 2 unspecified atom stereocenters. The number of aliphatic hydroxyl groups excluding tert-OH is 1. The lowest BCUT2D eigenvalue weighted by molar-refractivity contribution is -0.156. The number of aromatic nitrogens is 2. The SMILES string of the molecule is CCC(C(=O)N[C@@H](CC(=O)OC(C)(C)C)C(O)COc1c(F)c(F)cc(F)c1F)c1ccnn(Cc2ccccc2C(C)(C)C)c1=O. The van der Waals surface area contributed by atoms with Gasteiger partial charge in [-0.25, -0.2) is 13.5 Å². The molecule has 0 bridgehead atoms. The fourth-order valence-corrected chi connectivity index (χ4v) is 5.03. The second kappa shape index (κ2) is 15.1. The van der Waals surface area contributed by atoms with Crippen LogP contribution in [0.1, 0.15) is 83.9 Å². The number of ether oxygens (including phenoxy) is 2. The minimum Gasteiger partial charge on any atom is -0.485 e. The molecule has 0 aliphatic carbocycles. The minimum atomic E-state index is -1.83. The van der Waals surface area contributed by atoms with Crippen molar-refractivity contribution in [2.45, 2.75) is 96.9 Å². The van der Waals surface area contributed by atoms with Crippen molar-refractivity contribution in [3.8, 4) is 5.75 Å². The van der Waals surface area contributed by atoms with Crippen molar-refractivity contribution in [2.24, 2.45) is 0 Å². The first-order valence-corrected chi connectivity index (χ1v) is 15.1. The summed E-state index contributed by atoms with van der Waals surface area (Å²) in [6, 6.07) is 7.58. The van der Waals surface area contributed by atoms with E-state index in [1.54, 1.807) is 27.7 Å². The van der Waals surface area contributed by atoms with E-state index in [1.165, 1.54) is 16.9 Å². The number of hydrogen-bond acceptors (Lipinski definition) is 7. The van der Waals surface area contributed by atoms with Gasteiger partial charge < -0.3 is 19.9 Å². The molecule has 0 fully saturated rings. The number of esters is 1. The topological polar surface area (TPSA) is 120 Å². The maximum absolute atomic E-state index is 14.2. The van der Waals surface area contributed by atoms with Gasteiger partial charge in [0.1, 0.15) is 18.3 Å². The minimum absolute atomic E-state index is 0.000792. The van der Waals surface area contributed by atoms with Crippen molar-refractivity contribution in [2.75, 3.05) is 6.61 Å². The van der Waals surface area contributed by atoms with Gasteiger partial charge in [-0.05, 0) is 49.8 Å². The zero-order valence-electron chi connectivity index (χ0n) is 27.5. The third-order valence-electron chi connectivity index (χ3n) is 7.26. The molecule has 3 atom stereocenters. The van der Waals surface area contributed by atoms with Crippen molar-refractivity contribution in [1.82, 2.24) is 15.1 Å². The number of carbonyl (C=O) groups is 2. The second-order valence-electron chi connectivity index (χ2n) is 13.2. The lowest BCUT2D eigenvalue weighted by atomic mass is 9.84. The van der Waals surface area contributed by atoms with Gasteiger partial charge in [0, 0.05) is 17.8 Å². The second-order valence-corrected chi connectivity index (χ2v) is 13.2. The summed E-state index contributed by atoms with van der Waals surface area (Å²) in [7, 11) is 0. The van der Waals surface area contributed by atoms with Gasteiger partial charge >= 0.3 is 5.97 Å². The molecule has 1 amide bonds. The van der Waals surface area contributed by atoms with Crippen LogP contribution in [-0.4, -0.2) is 51.1 Å². The van der Waals surface area contributed by atoms with Crippen LogP contribution in [0.5, 0.6) is 5.75 Å². The van der Waals surface area contributed by atoms with E-state index in [4.69, 9.17) is 9.47 Å². The average Bonchev–Trinajstić information content (AvgIpc) is 2.96. The Balaban J connectivity index is 1.89. The first-order chi connectivity index (χ1) is 21.8. The van der Waals surface area contributed by atoms with Gasteiger partial charge in [0.2, 0.25) is 17.5 Å². The summed E-state index contributed by atoms with van der Waals surface area (Å²) in [5.74, 6) is -11.2. The van der Waals surface area contributed by atoms with Gasteiger partial charge in [0.25, 0.3) is 5.56 Å². The Morgan fingerprint density at radius 1 is 1.00 bits per heavy atom. The molecule has 1 heterocycles. The quantitative estimate of drug-likeness (QED) is 0.154. The van der Waals surface area contributed by atoms with E-state index in [-0.39, 0.29) is 30.0 Å². The predicted octanol–water partition coefficient (Wildman–Crippen LogP) is 5.30. The third-order valence-corrected chi connectivity index (χ3v) is 7.26. The van der Waals surface area contributed by atoms with E-state index in [0.29, 0.717) is 0 Å². The highest BCUT2D eigenvalue weighted by molar-refractivity contribution is 5.84. The van der Waals surface area contributed by atoms with Gasteiger partial charge in [-0.3, -0.25) is 14.4 Å². The molecule has 0 aliphatic heterocycles. The molecule has 47 heavy (non-hydrogen) atoms. The van der Waals surface area contributed by atoms with Crippen LogP contribution in [0, 0.1) is 23.3 Å². The molecule has 0 radical (unpaired) electrons. The molecule has 3 aromatic rings. The first kappa shape index (κ1) is 37.2. The predicted molar refractivity (Wildman–Crippen MR) is 166 cm³/mol. The molecule has 9 nitrogen and oxygen atoms in total. The number of aliphatic hydroxyl groups is 1. The lowest BCUT2D eigenvalue weighted by Crippen LogP contribution is -2.49. The Kier molecular flexibility index (Phi) is 11.9. The molecule has 3 rings (SSSR count).